The molecule has 6 nitrogen and oxygen atoms in total. The van der Waals surface area contributed by atoms with Crippen LogP contribution in [0, 0.1) is 17.6 Å². The zero-order valence-corrected chi connectivity index (χ0v) is 23.3. The number of rotatable bonds is 7. The van der Waals surface area contributed by atoms with Crippen LogP contribution in [0.2, 0.25) is 15.1 Å². The minimum absolute atomic E-state index is 0.103. The van der Waals surface area contributed by atoms with E-state index in [2.05, 4.69) is 10.6 Å². The Hall–Kier alpha value is -2.76. The first-order valence-corrected chi connectivity index (χ1v) is 12.9. The Morgan fingerprint density at radius 2 is 1.40 bits per heavy atom. The maximum Gasteiger partial charge on any atom is 0.315 e. The van der Waals surface area contributed by atoms with Crippen LogP contribution in [0.25, 0.3) is 0 Å². The van der Waals surface area contributed by atoms with Crippen LogP contribution in [0.4, 0.5) is 34.6 Å². The van der Waals surface area contributed by atoms with E-state index in [0.717, 1.165) is 0 Å². The van der Waals surface area contributed by atoms with Gasteiger partial charge in [-0.1, -0.05) is 40.9 Å². The highest BCUT2D eigenvalue weighted by atomic mass is 35.5. The lowest BCUT2D eigenvalue weighted by molar-refractivity contribution is -0.126. The summed E-state index contributed by atoms with van der Waals surface area (Å²) in [5, 5.41) is 6.75. The number of halogens is 9. The molecule has 0 spiro atoms. The second-order valence-electron chi connectivity index (χ2n) is 8.54. The zero-order valence-electron chi connectivity index (χ0n) is 19.5. The number of alkyl halides is 4. The lowest BCUT2D eigenvalue weighted by Gasteiger charge is -2.13. The summed E-state index contributed by atoms with van der Waals surface area (Å²) in [5.74, 6) is -7.52. The first kappa shape index (κ1) is 30.2. The minimum atomic E-state index is -3.46. The van der Waals surface area contributed by atoms with Crippen LogP contribution in [0.1, 0.15) is 21.8 Å². The molecule has 3 aromatic carbocycles. The van der Waals surface area contributed by atoms with Crippen LogP contribution in [0.5, 0.6) is 0 Å². The van der Waals surface area contributed by atoms with Crippen molar-refractivity contribution in [1.82, 2.24) is 0 Å². The number of hydrogen-bond acceptors (Lipinski definition) is 3. The highest BCUT2D eigenvalue weighted by Gasteiger charge is 2.67. The molecule has 1 aliphatic carbocycles. The average molecular weight is 658 g/mol. The minimum Gasteiger partial charge on any atom is -0.326 e. The summed E-state index contributed by atoms with van der Waals surface area (Å²) >= 11 is 30.8. The number of anilines is 3. The molecular formula is C25H14Cl5F4N3O3. The third-order valence-corrected chi connectivity index (χ3v) is 7.89. The molecule has 0 radical (unpaired) electrons. The van der Waals surface area contributed by atoms with Crippen LogP contribution in [-0.4, -0.2) is 28.5 Å². The Kier molecular flexibility index (Phi) is 8.77. The maximum atomic E-state index is 14.3. The summed E-state index contributed by atoms with van der Waals surface area (Å²) in [7, 11) is 0. The van der Waals surface area contributed by atoms with Gasteiger partial charge in [-0.2, -0.15) is 8.78 Å². The number of benzene rings is 3. The summed E-state index contributed by atoms with van der Waals surface area (Å²) in [6, 6.07) is 9.48. The fourth-order valence-electron chi connectivity index (χ4n) is 3.89. The Bertz CT molecular complexity index is 1540. The Morgan fingerprint density at radius 3 is 2.02 bits per heavy atom. The lowest BCUT2D eigenvalue weighted by atomic mass is 10.1. The molecule has 0 heterocycles. The van der Waals surface area contributed by atoms with Gasteiger partial charge in [0.05, 0.1) is 37.9 Å². The van der Waals surface area contributed by atoms with Crippen molar-refractivity contribution in [2.24, 2.45) is 5.92 Å². The van der Waals surface area contributed by atoms with Crippen LogP contribution in [0.3, 0.4) is 0 Å². The molecule has 1 aliphatic rings. The van der Waals surface area contributed by atoms with Crippen molar-refractivity contribution >= 4 is 92.8 Å². The molecular weight excluding hydrogens is 644 g/mol. The van der Waals surface area contributed by atoms with Gasteiger partial charge in [-0.3, -0.25) is 14.4 Å². The summed E-state index contributed by atoms with van der Waals surface area (Å²) in [6.07, 6.45) is -3.46. The first-order valence-electron chi connectivity index (χ1n) is 11.0. The van der Waals surface area contributed by atoms with Gasteiger partial charge in [-0.05, 0) is 42.0 Å². The van der Waals surface area contributed by atoms with Crippen molar-refractivity contribution in [3.8, 4) is 0 Å². The molecule has 210 valence electrons. The van der Waals surface area contributed by atoms with Crippen molar-refractivity contribution < 1.29 is 31.9 Å². The molecule has 4 rings (SSSR count). The van der Waals surface area contributed by atoms with Crippen LogP contribution in [-0.2, 0) is 9.59 Å². The molecule has 0 saturated heterocycles. The third kappa shape index (κ3) is 6.26. The van der Waals surface area contributed by atoms with Gasteiger partial charge >= 0.3 is 6.43 Å². The molecule has 0 unspecified atom stereocenters. The van der Waals surface area contributed by atoms with E-state index in [-0.39, 0.29) is 21.3 Å². The van der Waals surface area contributed by atoms with Gasteiger partial charge in [0.2, 0.25) is 5.91 Å². The average Bonchev–Trinajstić information content (AvgIpc) is 3.46. The van der Waals surface area contributed by atoms with E-state index in [0.29, 0.717) is 22.7 Å². The van der Waals surface area contributed by atoms with E-state index in [9.17, 15) is 31.9 Å². The van der Waals surface area contributed by atoms with Crippen molar-refractivity contribution in [2.45, 2.75) is 16.7 Å². The SMILES string of the molecule is O=C(Nc1cc(NC(=O)C(F)F)c(F)cc1F)c1cc(NC(=O)[C@H]2[C@H](c3ccc(Cl)c(Cl)c3)C2(Cl)Cl)ccc1Cl. The standard InChI is InChI=1S/C25H14Cl5F4N3O3/c26-12-4-2-10(35-23(39)20-19(25(20,29)30)9-1-3-13(27)14(28)5-9)6-11(12)22(38)36-17-8-18(16(32)7-15(17)31)37-24(40)21(33)34/h1-8,19-21H,(H,35,39)(H,36,38)(H,37,40)/t19-,20+/m0/s1. The van der Waals surface area contributed by atoms with E-state index >= 15 is 0 Å². The highest BCUT2D eigenvalue weighted by molar-refractivity contribution is 6.53. The normalized spacial score (nSPS) is 17.4. The summed E-state index contributed by atoms with van der Waals surface area (Å²) in [6.45, 7) is 0. The third-order valence-electron chi connectivity index (χ3n) is 5.88. The van der Waals surface area contributed by atoms with Gasteiger partial charge in [0.25, 0.3) is 11.8 Å². The van der Waals surface area contributed by atoms with Gasteiger partial charge < -0.3 is 16.0 Å². The van der Waals surface area contributed by atoms with E-state index in [1.54, 1.807) is 23.5 Å². The molecule has 3 N–H and O–H groups in total. The van der Waals surface area contributed by atoms with E-state index in [1.807, 2.05) is 0 Å². The number of hydrogen-bond donors (Lipinski definition) is 3. The van der Waals surface area contributed by atoms with E-state index < -0.39 is 63.3 Å². The molecule has 1 fully saturated rings. The smallest absolute Gasteiger partial charge is 0.315 e. The van der Waals surface area contributed by atoms with Gasteiger partial charge in [0.15, 0.2) is 0 Å². The quantitative estimate of drug-likeness (QED) is 0.178. The lowest BCUT2D eigenvalue weighted by Crippen LogP contribution is -2.21. The predicted molar refractivity (Wildman–Crippen MR) is 146 cm³/mol. The summed E-state index contributed by atoms with van der Waals surface area (Å²) in [5.41, 5.74) is -0.978. The van der Waals surface area contributed by atoms with Crippen molar-refractivity contribution in [3.63, 3.8) is 0 Å². The van der Waals surface area contributed by atoms with Crippen LogP contribution in [0.15, 0.2) is 48.5 Å². The molecule has 0 aromatic heterocycles. The zero-order chi connectivity index (χ0) is 29.5. The molecule has 1 saturated carbocycles. The topological polar surface area (TPSA) is 87.3 Å². The highest BCUT2D eigenvalue weighted by Crippen LogP contribution is 2.65. The fraction of sp³-hybridized carbons (Fsp3) is 0.160. The molecule has 15 heteroatoms. The maximum absolute atomic E-state index is 14.3. The molecule has 3 amide bonds. The van der Waals surface area contributed by atoms with E-state index in [1.165, 1.54) is 18.2 Å². The largest absolute Gasteiger partial charge is 0.326 e. The van der Waals surface area contributed by atoms with Crippen LogP contribution < -0.4 is 16.0 Å². The van der Waals surface area contributed by atoms with Crippen molar-refractivity contribution in [2.75, 3.05) is 16.0 Å². The Labute approximate surface area is 248 Å². The predicted octanol–water partition coefficient (Wildman–Crippen LogP) is 7.91. The molecule has 3 aromatic rings. The second kappa shape index (κ2) is 11.6. The molecule has 0 aliphatic heterocycles. The first-order chi connectivity index (χ1) is 18.7. The van der Waals surface area contributed by atoms with Gasteiger partial charge in [-0.15, -0.1) is 23.2 Å². The van der Waals surface area contributed by atoms with Crippen molar-refractivity contribution in [1.29, 1.82) is 0 Å². The van der Waals surface area contributed by atoms with Gasteiger partial charge in [-0.25, -0.2) is 8.78 Å². The summed E-state index contributed by atoms with van der Waals surface area (Å²) < 4.78 is 51.8. The number of carbonyl (C=O) groups excluding carboxylic acids is 3. The fourth-order valence-corrected chi connectivity index (χ4v) is 5.23. The molecule has 40 heavy (non-hydrogen) atoms. The summed E-state index contributed by atoms with van der Waals surface area (Å²) in [4.78, 5) is 37.1. The van der Waals surface area contributed by atoms with E-state index in [4.69, 9.17) is 58.0 Å². The Balaban J connectivity index is 1.51. The monoisotopic (exact) mass is 655 g/mol. The van der Waals surface area contributed by atoms with Crippen molar-refractivity contribution in [3.05, 3.63) is 86.4 Å². The number of nitrogens with one attached hydrogen (secondary N) is 3. The Morgan fingerprint density at radius 1 is 0.775 bits per heavy atom. The molecule has 0 bridgehead atoms. The van der Waals surface area contributed by atoms with Gasteiger partial charge in [0.1, 0.15) is 16.0 Å². The number of amides is 3. The second-order valence-corrected chi connectivity index (χ2v) is 11.2. The van der Waals surface area contributed by atoms with Crippen LogP contribution >= 0.6 is 58.0 Å². The molecule has 2 atom stereocenters. The van der Waals surface area contributed by atoms with Gasteiger partial charge in [0, 0.05) is 17.7 Å². The number of carbonyl (C=O) groups is 3.